The van der Waals surface area contributed by atoms with Gasteiger partial charge in [0.1, 0.15) is 28.4 Å². The molecule has 148 valence electrons. The number of nitrogens with one attached hydrogen (secondary N) is 2. The van der Waals surface area contributed by atoms with Crippen molar-refractivity contribution in [1.29, 1.82) is 5.26 Å². The van der Waals surface area contributed by atoms with Crippen LogP contribution in [-0.2, 0) is 4.79 Å². The summed E-state index contributed by atoms with van der Waals surface area (Å²) in [5.41, 5.74) is 0. The van der Waals surface area contributed by atoms with E-state index in [1.54, 1.807) is 0 Å². The Bertz CT molecular complexity index is 867. The van der Waals surface area contributed by atoms with E-state index in [1.807, 2.05) is 26.8 Å². The number of amides is 1. The summed E-state index contributed by atoms with van der Waals surface area (Å²) in [7, 11) is 0. The van der Waals surface area contributed by atoms with Gasteiger partial charge in [-0.1, -0.05) is 11.3 Å². The van der Waals surface area contributed by atoms with Gasteiger partial charge < -0.3 is 15.5 Å². The first-order chi connectivity index (χ1) is 13.4. The quantitative estimate of drug-likeness (QED) is 0.751. The van der Waals surface area contributed by atoms with Gasteiger partial charge in [0.15, 0.2) is 5.13 Å². The van der Waals surface area contributed by atoms with Gasteiger partial charge in [-0.3, -0.25) is 9.69 Å². The van der Waals surface area contributed by atoms with Crippen LogP contribution in [0.1, 0.15) is 24.5 Å². The molecule has 2 aromatic rings. The van der Waals surface area contributed by atoms with Crippen LogP contribution in [0.5, 0.6) is 0 Å². The van der Waals surface area contributed by atoms with Crippen molar-refractivity contribution in [3.63, 3.8) is 0 Å². The van der Waals surface area contributed by atoms with Crippen LogP contribution in [0.4, 0.5) is 16.8 Å². The molecule has 9 nitrogen and oxygen atoms in total. The fraction of sp³-hybridized carbons (Fsp3) is 0.500. The molecule has 0 spiro atoms. The lowest BCUT2D eigenvalue weighted by molar-refractivity contribution is -0.122. The molecule has 2 N–H and O–H groups in total. The maximum Gasteiger partial charge on any atom is 0.234 e. The zero-order chi connectivity index (χ0) is 20.1. The lowest BCUT2D eigenvalue weighted by Crippen LogP contribution is -2.50. The topological polar surface area (TPSA) is 110 Å². The summed E-state index contributed by atoms with van der Waals surface area (Å²) in [5.74, 6) is 2.22. The number of carbonyl (C=O) groups excluding carboxylic acids is 1. The normalized spacial score (nSPS) is 14.8. The van der Waals surface area contributed by atoms with Gasteiger partial charge in [-0.15, -0.1) is 0 Å². The molecule has 1 amide bonds. The minimum absolute atomic E-state index is 0.0630. The molecule has 10 heteroatoms. The lowest BCUT2D eigenvalue weighted by atomic mass is 10.3. The molecule has 0 radical (unpaired) electrons. The minimum Gasteiger partial charge on any atom is -0.354 e. The van der Waals surface area contributed by atoms with Crippen molar-refractivity contribution in [3.8, 4) is 6.07 Å². The second-order valence-electron chi connectivity index (χ2n) is 6.91. The van der Waals surface area contributed by atoms with E-state index in [0.29, 0.717) is 28.2 Å². The molecule has 0 aliphatic carbocycles. The highest BCUT2D eigenvalue weighted by molar-refractivity contribution is 7.16. The average molecular weight is 401 g/mol. The van der Waals surface area contributed by atoms with E-state index in [1.165, 1.54) is 17.5 Å². The van der Waals surface area contributed by atoms with Gasteiger partial charge in [0.25, 0.3) is 0 Å². The number of anilines is 3. The fourth-order valence-electron chi connectivity index (χ4n) is 2.98. The van der Waals surface area contributed by atoms with Gasteiger partial charge in [-0.2, -0.15) is 5.26 Å². The first-order valence-corrected chi connectivity index (χ1v) is 10.00. The van der Waals surface area contributed by atoms with E-state index < -0.39 is 0 Å². The number of carbonyl (C=O) groups is 1. The number of nitriles is 1. The van der Waals surface area contributed by atoms with E-state index in [-0.39, 0.29) is 11.9 Å². The summed E-state index contributed by atoms with van der Waals surface area (Å²) >= 11 is 1.28. The summed E-state index contributed by atoms with van der Waals surface area (Å²) in [6.07, 6.45) is 1.54. The van der Waals surface area contributed by atoms with Gasteiger partial charge in [-0.25, -0.2) is 15.0 Å². The van der Waals surface area contributed by atoms with Crippen molar-refractivity contribution < 1.29 is 4.79 Å². The average Bonchev–Trinajstić information content (AvgIpc) is 3.08. The Labute approximate surface area is 168 Å². The molecule has 0 saturated carbocycles. The molecule has 0 atom stereocenters. The molecule has 1 fully saturated rings. The Morgan fingerprint density at radius 3 is 2.71 bits per heavy atom. The van der Waals surface area contributed by atoms with Crippen molar-refractivity contribution in [2.75, 3.05) is 42.9 Å². The molecular formula is C18H24N8OS. The first-order valence-electron chi connectivity index (χ1n) is 9.18. The van der Waals surface area contributed by atoms with Crippen LogP contribution in [0.15, 0.2) is 12.3 Å². The number of aromatic nitrogens is 3. The summed E-state index contributed by atoms with van der Waals surface area (Å²) in [5, 5.41) is 15.6. The summed E-state index contributed by atoms with van der Waals surface area (Å²) in [4.78, 5) is 30.0. The summed E-state index contributed by atoms with van der Waals surface area (Å²) in [6, 6.07) is 4.13. The third kappa shape index (κ3) is 5.37. The number of rotatable bonds is 6. The highest BCUT2D eigenvalue weighted by atomic mass is 32.1. The van der Waals surface area contributed by atoms with Crippen molar-refractivity contribution >= 4 is 34.0 Å². The standard InChI is InChI=1S/C18H24N8OS/c1-12(2)21-17(27)11-25-4-6-26(7-5-25)16-8-15(22-13(3)23-16)24-18-20-10-14(9-19)28-18/h8,10,12H,4-7,11H2,1-3H3,(H,21,27)(H,20,22,23,24). The highest BCUT2D eigenvalue weighted by Crippen LogP contribution is 2.23. The van der Waals surface area contributed by atoms with E-state index in [2.05, 4.69) is 41.5 Å². The Kier molecular flexibility index (Phi) is 6.38. The zero-order valence-corrected chi connectivity index (χ0v) is 17.1. The van der Waals surface area contributed by atoms with Crippen molar-refractivity contribution in [1.82, 2.24) is 25.2 Å². The molecule has 3 rings (SSSR count). The first kappa shape index (κ1) is 20.0. The third-order valence-corrected chi connectivity index (χ3v) is 5.01. The summed E-state index contributed by atoms with van der Waals surface area (Å²) in [6.45, 7) is 9.39. The molecule has 0 aromatic carbocycles. The highest BCUT2D eigenvalue weighted by Gasteiger charge is 2.21. The van der Waals surface area contributed by atoms with Gasteiger partial charge in [0, 0.05) is 38.3 Å². The molecular weight excluding hydrogens is 376 g/mol. The van der Waals surface area contributed by atoms with E-state index in [0.717, 1.165) is 32.0 Å². The summed E-state index contributed by atoms with van der Waals surface area (Å²) < 4.78 is 0. The van der Waals surface area contributed by atoms with Crippen molar-refractivity contribution in [3.05, 3.63) is 23.0 Å². The number of piperazine rings is 1. The lowest BCUT2D eigenvalue weighted by Gasteiger charge is -2.35. The number of aryl methyl sites for hydroxylation is 1. The second-order valence-corrected chi connectivity index (χ2v) is 7.94. The predicted molar refractivity (Wildman–Crippen MR) is 109 cm³/mol. The smallest absolute Gasteiger partial charge is 0.234 e. The Hall–Kier alpha value is -2.77. The van der Waals surface area contributed by atoms with Gasteiger partial charge in [0.2, 0.25) is 5.91 Å². The third-order valence-electron chi connectivity index (χ3n) is 4.19. The largest absolute Gasteiger partial charge is 0.354 e. The van der Waals surface area contributed by atoms with Crippen molar-refractivity contribution in [2.24, 2.45) is 0 Å². The van der Waals surface area contributed by atoms with Crippen LogP contribution < -0.4 is 15.5 Å². The van der Waals surface area contributed by atoms with Gasteiger partial charge in [0.05, 0.1) is 12.7 Å². The molecule has 28 heavy (non-hydrogen) atoms. The molecule has 1 aliphatic rings. The zero-order valence-electron chi connectivity index (χ0n) is 16.3. The van der Waals surface area contributed by atoms with Crippen LogP contribution in [0, 0.1) is 18.3 Å². The monoisotopic (exact) mass is 400 g/mol. The maximum absolute atomic E-state index is 11.9. The molecule has 1 saturated heterocycles. The molecule has 0 bridgehead atoms. The Morgan fingerprint density at radius 1 is 1.32 bits per heavy atom. The van der Waals surface area contributed by atoms with Crippen LogP contribution in [0.25, 0.3) is 0 Å². The van der Waals surface area contributed by atoms with E-state index >= 15 is 0 Å². The van der Waals surface area contributed by atoms with Crippen LogP contribution in [-0.4, -0.2) is 64.5 Å². The van der Waals surface area contributed by atoms with Crippen LogP contribution in [0.2, 0.25) is 0 Å². The van der Waals surface area contributed by atoms with E-state index in [9.17, 15) is 4.79 Å². The molecule has 3 heterocycles. The van der Waals surface area contributed by atoms with Crippen LogP contribution in [0.3, 0.4) is 0 Å². The molecule has 0 unspecified atom stereocenters. The number of hydrogen-bond donors (Lipinski definition) is 2. The predicted octanol–water partition coefficient (Wildman–Crippen LogP) is 1.50. The SMILES string of the molecule is Cc1nc(Nc2ncc(C#N)s2)cc(N2CCN(CC(=O)NC(C)C)CC2)n1. The van der Waals surface area contributed by atoms with Gasteiger partial charge in [-0.05, 0) is 20.8 Å². The minimum atomic E-state index is 0.0630. The number of nitrogens with zero attached hydrogens (tertiary/aromatic N) is 6. The molecule has 1 aliphatic heterocycles. The maximum atomic E-state index is 11.9. The van der Waals surface area contributed by atoms with E-state index in [4.69, 9.17) is 5.26 Å². The van der Waals surface area contributed by atoms with Crippen LogP contribution >= 0.6 is 11.3 Å². The second kappa shape index (κ2) is 8.95. The van der Waals surface area contributed by atoms with Crippen molar-refractivity contribution in [2.45, 2.75) is 26.8 Å². The number of hydrogen-bond acceptors (Lipinski definition) is 9. The Morgan fingerprint density at radius 2 is 2.07 bits per heavy atom. The van der Waals surface area contributed by atoms with Gasteiger partial charge >= 0.3 is 0 Å². The fourth-order valence-corrected chi connectivity index (χ4v) is 3.60. The Balaban J connectivity index is 1.61. The number of thiazole rings is 1. The molecule has 2 aromatic heterocycles.